The van der Waals surface area contributed by atoms with Crippen LogP contribution < -0.4 is 5.32 Å². The highest BCUT2D eigenvalue weighted by molar-refractivity contribution is 6.02. The lowest BCUT2D eigenvalue weighted by molar-refractivity contribution is -0.114. The third-order valence-corrected chi connectivity index (χ3v) is 4.59. The van der Waals surface area contributed by atoms with Gasteiger partial charge in [-0.1, -0.05) is 12.2 Å². The lowest BCUT2D eigenvalue weighted by Gasteiger charge is -2.23. The molecule has 0 radical (unpaired) electrons. The van der Waals surface area contributed by atoms with E-state index in [1.54, 1.807) is 6.92 Å². The molecule has 100 valence electrons. The van der Waals surface area contributed by atoms with Crippen LogP contribution in [-0.4, -0.2) is 17.6 Å². The molecule has 0 saturated carbocycles. The highest BCUT2D eigenvalue weighted by Crippen LogP contribution is 2.48. The molecule has 0 fully saturated rings. The first-order valence-electron chi connectivity index (χ1n) is 7.01. The minimum absolute atomic E-state index is 0.0827. The molecule has 1 aliphatic heterocycles. The van der Waals surface area contributed by atoms with Gasteiger partial charge in [-0.05, 0) is 42.7 Å². The topological polar surface area (TPSA) is 46.2 Å². The fourth-order valence-corrected chi connectivity index (χ4v) is 3.61. The van der Waals surface area contributed by atoms with Gasteiger partial charge < -0.3 is 5.32 Å². The van der Waals surface area contributed by atoms with Crippen LogP contribution in [-0.2, 0) is 4.79 Å². The van der Waals surface area contributed by atoms with Crippen molar-refractivity contribution in [1.82, 2.24) is 0 Å². The zero-order valence-electron chi connectivity index (χ0n) is 11.3. The van der Waals surface area contributed by atoms with Crippen LogP contribution in [0.1, 0.15) is 41.6 Å². The Labute approximate surface area is 117 Å². The normalized spacial score (nSPS) is 26.1. The molecule has 2 unspecified atom stereocenters. The number of Topliss-reactive ketones (excluding diaryl/α,β-unsaturated/α-hetero) is 2. The second-order valence-corrected chi connectivity index (χ2v) is 5.73. The monoisotopic (exact) mass is 265 g/mol. The Morgan fingerprint density at radius 3 is 2.95 bits per heavy atom. The first-order chi connectivity index (χ1) is 9.65. The molecule has 2 aliphatic carbocycles. The average molecular weight is 265 g/mol. The number of rotatable bonds is 1. The summed E-state index contributed by atoms with van der Waals surface area (Å²) < 4.78 is 0. The third kappa shape index (κ3) is 1.46. The molecule has 0 amide bonds. The molecular weight excluding hydrogens is 250 g/mol. The van der Waals surface area contributed by atoms with E-state index in [1.807, 2.05) is 24.3 Å². The minimum atomic E-state index is 0.0827. The second kappa shape index (κ2) is 3.92. The van der Waals surface area contributed by atoms with Crippen molar-refractivity contribution in [3.05, 3.63) is 52.6 Å². The molecule has 4 rings (SSSR count). The smallest absolute Gasteiger partial charge is 0.163 e. The molecule has 1 aromatic carbocycles. The predicted molar refractivity (Wildman–Crippen MR) is 77.0 cm³/mol. The van der Waals surface area contributed by atoms with Crippen molar-refractivity contribution in [2.75, 3.05) is 5.32 Å². The summed E-state index contributed by atoms with van der Waals surface area (Å²) in [4.78, 5) is 23.5. The maximum absolute atomic E-state index is 11.9. The van der Waals surface area contributed by atoms with Crippen molar-refractivity contribution in [1.29, 1.82) is 0 Å². The number of hydrogen-bond donors (Lipinski definition) is 1. The molecule has 3 nitrogen and oxygen atoms in total. The van der Waals surface area contributed by atoms with Gasteiger partial charge in [0.15, 0.2) is 11.6 Å². The number of ketones is 2. The maximum atomic E-state index is 11.9. The first-order valence-corrected chi connectivity index (χ1v) is 7.01. The molecule has 3 heteroatoms. The van der Waals surface area contributed by atoms with Crippen molar-refractivity contribution in [2.24, 2.45) is 0 Å². The van der Waals surface area contributed by atoms with E-state index in [4.69, 9.17) is 0 Å². The van der Waals surface area contributed by atoms with Crippen molar-refractivity contribution >= 4 is 17.3 Å². The van der Waals surface area contributed by atoms with Crippen LogP contribution in [0.15, 0.2) is 41.5 Å². The highest BCUT2D eigenvalue weighted by atomic mass is 16.1. The molecule has 20 heavy (non-hydrogen) atoms. The number of fused-ring (bicyclic) bond motifs is 4. The Balaban J connectivity index is 1.86. The zero-order chi connectivity index (χ0) is 13.9. The van der Waals surface area contributed by atoms with Gasteiger partial charge in [-0.25, -0.2) is 0 Å². The van der Waals surface area contributed by atoms with Gasteiger partial charge in [0.25, 0.3) is 0 Å². The first kappa shape index (κ1) is 11.6. The number of allylic oxidation sites excluding steroid dienone is 2. The second-order valence-electron chi connectivity index (χ2n) is 5.73. The summed E-state index contributed by atoms with van der Waals surface area (Å²) in [5.74, 6) is 0.556. The lowest BCUT2D eigenvalue weighted by Crippen LogP contribution is -2.22. The SMILES string of the molecule is CC(=O)c1ccc2c(c1)C1C3=C(C=CC1N2)C(=O)CC3. The van der Waals surface area contributed by atoms with Crippen LogP contribution in [0.25, 0.3) is 0 Å². The lowest BCUT2D eigenvalue weighted by atomic mass is 9.81. The molecule has 1 heterocycles. The van der Waals surface area contributed by atoms with Crippen LogP contribution in [0.5, 0.6) is 0 Å². The van der Waals surface area contributed by atoms with Crippen molar-refractivity contribution in [3.8, 4) is 0 Å². The summed E-state index contributed by atoms with van der Waals surface area (Å²) in [6.07, 6.45) is 5.53. The van der Waals surface area contributed by atoms with Gasteiger partial charge in [0, 0.05) is 29.2 Å². The molecular formula is C17H15NO2. The van der Waals surface area contributed by atoms with Gasteiger partial charge in [0.05, 0.1) is 6.04 Å². The summed E-state index contributed by atoms with van der Waals surface area (Å²) in [5, 5.41) is 3.49. The molecule has 1 aromatic rings. The van der Waals surface area contributed by atoms with Gasteiger partial charge in [0.1, 0.15) is 0 Å². The van der Waals surface area contributed by atoms with E-state index in [1.165, 1.54) is 5.57 Å². The Hall–Kier alpha value is -2.16. The quantitative estimate of drug-likeness (QED) is 0.794. The number of anilines is 1. The largest absolute Gasteiger partial charge is 0.378 e. The van der Waals surface area contributed by atoms with Gasteiger partial charge in [0.2, 0.25) is 0 Å². The Morgan fingerprint density at radius 1 is 1.30 bits per heavy atom. The summed E-state index contributed by atoms with van der Waals surface area (Å²) in [6, 6.07) is 6.05. The summed E-state index contributed by atoms with van der Waals surface area (Å²) in [5.41, 5.74) is 5.13. The van der Waals surface area contributed by atoms with Crippen molar-refractivity contribution in [3.63, 3.8) is 0 Å². The number of hydrogen-bond acceptors (Lipinski definition) is 3. The maximum Gasteiger partial charge on any atom is 0.163 e. The van der Waals surface area contributed by atoms with Gasteiger partial charge in [-0.15, -0.1) is 0 Å². The Kier molecular flexibility index (Phi) is 2.28. The summed E-state index contributed by atoms with van der Waals surface area (Å²) in [6.45, 7) is 1.59. The van der Waals surface area contributed by atoms with E-state index >= 15 is 0 Å². The van der Waals surface area contributed by atoms with E-state index in [0.29, 0.717) is 6.42 Å². The van der Waals surface area contributed by atoms with E-state index < -0.39 is 0 Å². The summed E-state index contributed by atoms with van der Waals surface area (Å²) in [7, 11) is 0. The van der Waals surface area contributed by atoms with Gasteiger partial charge in [-0.2, -0.15) is 0 Å². The van der Waals surface area contributed by atoms with E-state index in [-0.39, 0.29) is 23.5 Å². The highest BCUT2D eigenvalue weighted by Gasteiger charge is 2.39. The van der Waals surface area contributed by atoms with Gasteiger partial charge in [-0.3, -0.25) is 9.59 Å². The minimum Gasteiger partial charge on any atom is -0.378 e. The molecule has 0 saturated heterocycles. The summed E-state index contributed by atoms with van der Waals surface area (Å²) >= 11 is 0. The van der Waals surface area contributed by atoms with Crippen LogP contribution >= 0.6 is 0 Å². The number of benzene rings is 1. The van der Waals surface area contributed by atoms with Crippen molar-refractivity contribution < 1.29 is 9.59 Å². The van der Waals surface area contributed by atoms with Crippen LogP contribution in [0.4, 0.5) is 5.69 Å². The molecule has 2 atom stereocenters. The predicted octanol–water partition coefficient (Wildman–Crippen LogP) is 3.00. The van der Waals surface area contributed by atoms with Crippen LogP contribution in [0, 0.1) is 0 Å². The standard InChI is InChI=1S/C17H15NO2/c1-9(19)10-2-5-14-13(8-10)17-12-4-7-16(20)11(12)3-6-15(17)18-14/h2-3,5-6,8,15,17-18H,4,7H2,1H3. The molecule has 0 aromatic heterocycles. The molecule has 0 spiro atoms. The van der Waals surface area contributed by atoms with Crippen LogP contribution in [0.3, 0.4) is 0 Å². The van der Waals surface area contributed by atoms with Crippen molar-refractivity contribution in [2.45, 2.75) is 31.7 Å². The van der Waals surface area contributed by atoms with E-state index in [9.17, 15) is 9.59 Å². The fourth-order valence-electron chi connectivity index (χ4n) is 3.61. The van der Waals surface area contributed by atoms with Gasteiger partial charge >= 0.3 is 0 Å². The Bertz CT molecular complexity index is 712. The number of carbonyl (C=O) groups is 2. The number of carbonyl (C=O) groups excluding carboxylic acids is 2. The average Bonchev–Trinajstić information content (AvgIpc) is 2.98. The molecule has 3 aliphatic rings. The van der Waals surface area contributed by atoms with E-state index in [0.717, 1.165) is 28.8 Å². The van der Waals surface area contributed by atoms with E-state index in [2.05, 4.69) is 11.4 Å². The molecule has 1 N–H and O–H groups in total. The zero-order valence-corrected chi connectivity index (χ0v) is 11.3. The Morgan fingerprint density at radius 2 is 2.15 bits per heavy atom. The third-order valence-electron chi connectivity index (χ3n) is 4.59. The number of nitrogens with one attached hydrogen (secondary N) is 1. The molecule has 0 bridgehead atoms. The van der Waals surface area contributed by atoms with Crippen LogP contribution in [0.2, 0.25) is 0 Å². The fraction of sp³-hybridized carbons (Fsp3) is 0.294.